The Balaban J connectivity index is 2.45. The van der Waals surface area contributed by atoms with E-state index in [1.165, 1.54) is 0 Å². The van der Waals surface area contributed by atoms with Crippen molar-refractivity contribution in [2.24, 2.45) is 4.99 Å². The summed E-state index contributed by atoms with van der Waals surface area (Å²) in [4.78, 5) is 12.5. The topological polar surface area (TPSA) is 47.4 Å². The van der Waals surface area contributed by atoms with Crippen LogP contribution in [0.25, 0.3) is 12.2 Å². The lowest BCUT2D eigenvalue weighted by Gasteiger charge is -1.94. The molecule has 0 aliphatic carbocycles. The Hall–Kier alpha value is -1.71. The number of hydrogen-bond acceptors (Lipinski definition) is 4. The second-order valence-corrected chi connectivity index (χ2v) is 2.58. The molecular weight excluding hydrogens is 154 g/mol. The first kappa shape index (κ1) is 5.88. The van der Waals surface area contributed by atoms with Gasteiger partial charge in [0, 0.05) is 6.20 Å². The number of hydrogen-bond donors (Lipinski definition) is 0. The third-order valence-corrected chi connectivity index (χ3v) is 1.82. The Morgan fingerprint density at radius 3 is 3.33 bits per heavy atom. The molecule has 58 valence electrons. The number of nitrogens with zero attached hydrogens (tertiary/aromatic N) is 3. The van der Waals surface area contributed by atoms with Gasteiger partial charge in [0.1, 0.15) is 17.6 Å². The number of aromatic nitrogens is 2. The van der Waals surface area contributed by atoms with Gasteiger partial charge < -0.3 is 4.74 Å². The summed E-state index contributed by atoms with van der Waals surface area (Å²) in [5, 5.41) is 0.829. The SMILES string of the molecule is C1=Cc2nc3c(nc2=N1)OCC=3. The molecule has 3 heterocycles. The van der Waals surface area contributed by atoms with Crippen molar-refractivity contribution < 1.29 is 4.74 Å². The first-order valence-corrected chi connectivity index (χ1v) is 3.69. The summed E-state index contributed by atoms with van der Waals surface area (Å²) >= 11 is 0. The zero-order valence-corrected chi connectivity index (χ0v) is 6.19. The highest BCUT2D eigenvalue weighted by Crippen LogP contribution is 2.02. The van der Waals surface area contributed by atoms with Gasteiger partial charge in [-0.3, -0.25) is 0 Å². The van der Waals surface area contributed by atoms with Gasteiger partial charge in [0.05, 0.1) is 0 Å². The number of rotatable bonds is 0. The average molecular weight is 159 g/mol. The summed E-state index contributed by atoms with van der Waals surface area (Å²) in [7, 11) is 0. The minimum absolute atomic E-state index is 0.571. The van der Waals surface area contributed by atoms with Crippen LogP contribution in [0.4, 0.5) is 0 Å². The molecule has 0 fully saturated rings. The Kier molecular flexibility index (Phi) is 0.935. The molecule has 0 spiro atoms. The van der Waals surface area contributed by atoms with E-state index in [4.69, 9.17) is 4.74 Å². The molecule has 2 aliphatic rings. The van der Waals surface area contributed by atoms with E-state index >= 15 is 0 Å². The molecule has 0 radical (unpaired) electrons. The highest BCUT2D eigenvalue weighted by atomic mass is 16.5. The van der Waals surface area contributed by atoms with Crippen LogP contribution < -0.4 is 15.6 Å². The molecule has 0 bridgehead atoms. The first-order valence-electron chi connectivity index (χ1n) is 3.69. The largest absolute Gasteiger partial charge is 0.472 e. The molecule has 4 heteroatoms. The van der Waals surface area contributed by atoms with E-state index in [1.807, 2.05) is 12.2 Å². The van der Waals surface area contributed by atoms with E-state index in [0.717, 1.165) is 11.0 Å². The van der Waals surface area contributed by atoms with Crippen molar-refractivity contribution in [2.75, 3.05) is 6.61 Å². The number of fused-ring (bicyclic) bond motifs is 2. The summed E-state index contributed by atoms with van der Waals surface area (Å²) in [6, 6.07) is 0. The lowest BCUT2D eigenvalue weighted by Crippen LogP contribution is -2.20. The predicted molar refractivity (Wildman–Crippen MR) is 41.8 cm³/mol. The van der Waals surface area contributed by atoms with Gasteiger partial charge in [0.25, 0.3) is 0 Å². The fourth-order valence-corrected chi connectivity index (χ4v) is 1.26. The van der Waals surface area contributed by atoms with Crippen molar-refractivity contribution >= 4 is 12.2 Å². The normalized spacial score (nSPS) is 16.0. The summed E-state index contributed by atoms with van der Waals surface area (Å²) in [5.41, 5.74) is 1.49. The van der Waals surface area contributed by atoms with Crippen LogP contribution in [0.1, 0.15) is 5.69 Å². The molecule has 0 N–H and O–H groups in total. The molecule has 1 aromatic heterocycles. The van der Waals surface area contributed by atoms with Crippen LogP contribution in [0, 0.1) is 0 Å². The van der Waals surface area contributed by atoms with E-state index in [1.54, 1.807) is 6.20 Å². The molecule has 0 saturated heterocycles. The summed E-state index contributed by atoms with van der Waals surface area (Å²) in [6.07, 6.45) is 5.45. The highest BCUT2D eigenvalue weighted by molar-refractivity contribution is 5.47. The quantitative estimate of drug-likeness (QED) is 0.500. The zero-order valence-electron chi connectivity index (χ0n) is 6.19. The first-order chi connectivity index (χ1) is 5.93. The van der Waals surface area contributed by atoms with Gasteiger partial charge in [0.15, 0.2) is 5.49 Å². The van der Waals surface area contributed by atoms with Gasteiger partial charge in [-0.1, -0.05) is 0 Å². The van der Waals surface area contributed by atoms with Crippen LogP contribution in [0.5, 0.6) is 5.88 Å². The van der Waals surface area contributed by atoms with E-state index in [0.29, 0.717) is 18.0 Å². The van der Waals surface area contributed by atoms with Crippen LogP contribution in [-0.4, -0.2) is 16.6 Å². The Morgan fingerprint density at radius 2 is 2.33 bits per heavy atom. The van der Waals surface area contributed by atoms with Crippen molar-refractivity contribution in [3.05, 3.63) is 22.7 Å². The lowest BCUT2D eigenvalue weighted by molar-refractivity contribution is 0.367. The van der Waals surface area contributed by atoms with Crippen molar-refractivity contribution in [1.29, 1.82) is 0 Å². The molecule has 0 unspecified atom stereocenters. The average Bonchev–Trinajstić information content (AvgIpc) is 2.64. The maximum atomic E-state index is 5.21. The van der Waals surface area contributed by atoms with Gasteiger partial charge >= 0.3 is 0 Å². The smallest absolute Gasteiger partial charge is 0.242 e. The molecule has 0 aromatic carbocycles. The minimum atomic E-state index is 0.571. The highest BCUT2D eigenvalue weighted by Gasteiger charge is 2.10. The molecule has 12 heavy (non-hydrogen) atoms. The molecular formula is C8H5N3O. The molecule has 2 aliphatic heterocycles. The fraction of sp³-hybridized carbons (Fsp3) is 0.125. The van der Waals surface area contributed by atoms with Crippen molar-refractivity contribution in [1.82, 2.24) is 9.97 Å². The van der Waals surface area contributed by atoms with Gasteiger partial charge in [0.2, 0.25) is 5.88 Å². The Labute approximate surface area is 67.9 Å². The second-order valence-electron chi connectivity index (χ2n) is 2.58. The standard InChI is InChI=1S/C8H5N3O/c1-3-9-7-5(1)10-6-2-4-12-8(6)11-7/h1-3H,4H2. The molecule has 0 atom stereocenters. The molecule has 0 amide bonds. The zero-order chi connectivity index (χ0) is 7.97. The van der Waals surface area contributed by atoms with Gasteiger partial charge in [-0.25, -0.2) is 9.98 Å². The van der Waals surface area contributed by atoms with Crippen LogP contribution in [0.3, 0.4) is 0 Å². The lowest BCUT2D eigenvalue weighted by atomic mass is 10.4. The molecule has 0 saturated carbocycles. The van der Waals surface area contributed by atoms with Crippen molar-refractivity contribution in [3.8, 4) is 5.88 Å². The van der Waals surface area contributed by atoms with E-state index in [2.05, 4.69) is 15.0 Å². The van der Waals surface area contributed by atoms with Crippen molar-refractivity contribution in [3.63, 3.8) is 0 Å². The van der Waals surface area contributed by atoms with Gasteiger partial charge in [-0.15, -0.1) is 0 Å². The van der Waals surface area contributed by atoms with E-state index in [9.17, 15) is 0 Å². The Bertz CT molecular complexity index is 490. The van der Waals surface area contributed by atoms with Crippen LogP contribution in [0.2, 0.25) is 0 Å². The van der Waals surface area contributed by atoms with Crippen LogP contribution >= 0.6 is 0 Å². The summed E-state index contributed by atoms with van der Waals surface area (Å²) in [5.74, 6) is 0.598. The predicted octanol–water partition coefficient (Wildman–Crippen LogP) is -0.747. The maximum absolute atomic E-state index is 5.21. The fourth-order valence-electron chi connectivity index (χ4n) is 1.26. The van der Waals surface area contributed by atoms with E-state index in [-0.39, 0.29) is 0 Å². The summed E-state index contributed by atoms with van der Waals surface area (Å²) < 4.78 is 5.21. The monoisotopic (exact) mass is 159 g/mol. The molecule has 4 nitrogen and oxygen atoms in total. The van der Waals surface area contributed by atoms with Gasteiger partial charge in [-0.05, 0) is 12.2 Å². The molecule has 3 rings (SSSR count). The molecule has 1 aromatic rings. The Morgan fingerprint density at radius 1 is 1.33 bits per heavy atom. The minimum Gasteiger partial charge on any atom is -0.472 e. The maximum Gasteiger partial charge on any atom is 0.242 e. The second kappa shape index (κ2) is 1.91. The van der Waals surface area contributed by atoms with Crippen LogP contribution in [-0.2, 0) is 0 Å². The van der Waals surface area contributed by atoms with Crippen molar-refractivity contribution in [2.45, 2.75) is 0 Å². The number of ether oxygens (including phenoxy) is 1. The van der Waals surface area contributed by atoms with Crippen LogP contribution in [0.15, 0.2) is 11.2 Å². The third kappa shape index (κ3) is 0.637. The summed E-state index contributed by atoms with van der Waals surface area (Å²) in [6.45, 7) is 0.571. The van der Waals surface area contributed by atoms with E-state index < -0.39 is 0 Å². The third-order valence-electron chi connectivity index (χ3n) is 1.82. The van der Waals surface area contributed by atoms with Gasteiger partial charge in [-0.2, -0.15) is 4.98 Å².